The number of aromatic nitrogens is 4. The molecule has 3 aliphatic rings. The average Bonchev–Trinajstić information content (AvgIpc) is 1.48. The number of para-hydroxylation sites is 7. The molecule has 0 amide bonds. The van der Waals surface area contributed by atoms with Gasteiger partial charge in [-0.15, -0.1) is 0 Å². The van der Waals surface area contributed by atoms with Crippen LogP contribution in [0.2, 0.25) is 0 Å². The molecule has 0 saturated heterocycles. The molecule has 0 N–H and O–H groups in total. The minimum Gasteiger partial charge on any atom is -0.453 e. The molecule has 113 heavy (non-hydrogen) atoms. The van der Waals surface area contributed by atoms with Crippen molar-refractivity contribution in [1.82, 2.24) is 18.3 Å². The molecule has 4 aromatic heterocycles. The van der Waals surface area contributed by atoms with Crippen LogP contribution in [-0.4, -0.2) is 39.4 Å². The van der Waals surface area contributed by atoms with E-state index in [0.29, 0.717) is 0 Å². The Morgan fingerprint density at radius 3 is 0.982 bits per heavy atom. The third-order valence-corrected chi connectivity index (χ3v) is 26.8. The van der Waals surface area contributed by atoms with Crippen LogP contribution in [0.4, 0.5) is 34.1 Å². The molecule has 0 fully saturated rings. The zero-order valence-electron chi connectivity index (χ0n) is 71.4. The van der Waals surface area contributed by atoms with E-state index in [4.69, 9.17) is 4.74 Å². The Balaban J connectivity index is 0.000000108. The van der Waals surface area contributed by atoms with Crippen LogP contribution in [0.1, 0.15) is 122 Å². The molecule has 13 aromatic carbocycles. The Bertz CT molecular complexity index is 6340. The summed E-state index contributed by atoms with van der Waals surface area (Å²) in [5, 5.41) is 11.0. The van der Waals surface area contributed by atoms with Gasteiger partial charge in [-0.2, -0.15) is 0 Å². The second-order valence-corrected chi connectivity index (χ2v) is 32.7. The van der Waals surface area contributed by atoms with Crippen LogP contribution < -0.4 is 19.4 Å². The molecule has 0 bridgehead atoms. The minimum atomic E-state index is 0.929. The summed E-state index contributed by atoms with van der Waals surface area (Å²) in [6.07, 6.45) is 2.12. The van der Waals surface area contributed by atoms with E-state index in [1.807, 2.05) is 18.2 Å². The SMILES string of the molecule is Cc1cc2c(c(C)c1C)Cc1ccccc1N2C.Cc1cc2c(c(C)c1C)Cc1ccccc1N2C.Cc1cc2c(c(C)c1C)Oc1ccccc1N2C.Cc1cc2c(c(C)c1C)c1cc3c4ccccc4n(C)c3cc1n2C.Cc1cc2c(c(C)c1C)c1ccccc1n2C.Cc1cc2c(c(C)c1C)c1ccccc1n2C. The van der Waals surface area contributed by atoms with Crippen molar-refractivity contribution in [1.29, 1.82) is 0 Å². The van der Waals surface area contributed by atoms with E-state index in [0.717, 1.165) is 35.7 Å². The van der Waals surface area contributed by atoms with Crippen LogP contribution >= 0.6 is 0 Å². The van der Waals surface area contributed by atoms with Gasteiger partial charge in [0.1, 0.15) is 0 Å². The fourth-order valence-electron chi connectivity index (χ4n) is 18.4. The Kier molecular flexibility index (Phi) is 20.2. The van der Waals surface area contributed by atoms with E-state index < -0.39 is 0 Å². The van der Waals surface area contributed by atoms with Crippen LogP contribution in [0, 0.1) is 125 Å². The van der Waals surface area contributed by atoms with Crippen molar-refractivity contribution in [2.45, 2.75) is 137 Å². The molecular weight excluding hydrogens is 1380 g/mol. The maximum atomic E-state index is 6.07. The number of hydrogen-bond acceptors (Lipinski definition) is 4. The lowest BCUT2D eigenvalue weighted by Crippen LogP contribution is -2.20. The van der Waals surface area contributed by atoms with Crippen molar-refractivity contribution in [3.8, 4) is 11.5 Å². The van der Waals surface area contributed by atoms with E-state index >= 15 is 0 Å². The first-order chi connectivity index (χ1) is 54.0. The summed E-state index contributed by atoms with van der Waals surface area (Å²) in [7, 11) is 15.1. The molecule has 17 aromatic rings. The van der Waals surface area contributed by atoms with Gasteiger partial charge in [-0.3, -0.25) is 0 Å². The Labute approximate surface area is 669 Å². The molecule has 0 unspecified atom stereocenters. The van der Waals surface area contributed by atoms with Crippen LogP contribution in [0.25, 0.3) is 87.2 Å². The molecule has 8 heteroatoms. The van der Waals surface area contributed by atoms with Crippen molar-refractivity contribution >= 4 is 121 Å². The number of anilines is 6. The van der Waals surface area contributed by atoms with Crippen molar-refractivity contribution in [3.05, 3.63) is 317 Å². The highest BCUT2D eigenvalue weighted by atomic mass is 16.5. The van der Waals surface area contributed by atoms with Gasteiger partial charge in [0.2, 0.25) is 0 Å². The quantitative estimate of drug-likeness (QED) is 0.152. The normalized spacial score (nSPS) is 12.4. The third-order valence-electron chi connectivity index (χ3n) is 26.8. The predicted octanol–water partition coefficient (Wildman–Crippen LogP) is 27.5. The van der Waals surface area contributed by atoms with Gasteiger partial charge in [-0.05, 0) is 338 Å². The zero-order chi connectivity index (χ0) is 80.3. The van der Waals surface area contributed by atoms with Crippen LogP contribution in [-0.2, 0) is 41.0 Å². The Hall–Kier alpha value is -11.7. The van der Waals surface area contributed by atoms with Gasteiger partial charge in [0.15, 0.2) is 11.5 Å². The monoisotopic (exact) mass is 1490 g/mol. The molecule has 7 heterocycles. The summed E-state index contributed by atoms with van der Waals surface area (Å²) in [5.41, 5.74) is 49.0. The second kappa shape index (κ2) is 29.7. The van der Waals surface area contributed by atoms with Crippen molar-refractivity contribution < 1.29 is 4.74 Å². The number of fused-ring (bicyclic) bond motifs is 18. The largest absolute Gasteiger partial charge is 0.453 e. The number of aryl methyl sites for hydroxylation is 13. The molecule has 0 atom stereocenters. The highest BCUT2D eigenvalue weighted by molar-refractivity contribution is 6.19. The first-order valence-corrected chi connectivity index (χ1v) is 40.2. The van der Waals surface area contributed by atoms with Crippen LogP contribution in [0.5, 0.6) is 11.5 Å². The van der Waals surface area contributed by atoms with E-state index in [2.05, 4.69) is 383 Å². The molecule has 572 valence electrons. The van der Waals surface area contributed by atoms with Crippen molar-refractivity contribution in [2.24, 2.45) is 28.2 Å². The van der Waals surface area contributed by atoms with E-state index in [-0.39, 0.29) is 0 Å². The van der Waals surface area contributed by atoms with E-state index in [1.165, 1.54) is 232 Å². The van der Waals surface area contributed by atoms with Gasteiger partial charge in [-0.25, -0.2) is 0 Å². The van der Waals surface area contributed by atoms with Crippen LogP contribution in [0.15, 0.2) is 194 Å². The summed E-state index contributed by atoms with van der Waals surface area (Å²) in [5.74, 6) is 1.91. The smallest absolute Gasteiger partial charge is 0.154 e. The van der Waals surface area contributed by atoms with E-state index in [1.54, 1.807) is 0 Å². The number of nitrogens with zero attached hydrogens (tertiary/aromatic N) is 7. The fourth-order valence-corrected chi connectivity index (χ4v) is 18.4. The Morgan fingerprint density at radius 2 is 0.531 bits per heavy atom. The molecule has 3 aliphatic heterocycles. The Morgan fingerprint density at radius 1 is 0.221 bits per heavy atom. The average molecular weight is 1490 g/mol. The lowest BCUT2D eigenvalue weighted by Gasteiger charge is -2.32. The van der Waals surface area contributed by atoms with Crippen molar-refractivity contribution in [3.63, 3.8) is 0 Å². The summed E-state index contributed by atoms with van der Waals surface area (Å²) in [6, 6.07) is 70.1. The summed E-state index contributed by atoms with van der Waals surface area (Å²) >= 11 is 0. The predicted molar refractivity (Wildman–Crippen MR) is 489 cm³/mol. The standard InChI is InChI=1S/C23H22N2.2C17H19N.C16H17NO.2C16H17N/c1-13-10-22-23(15(3)14(13)2)18-11-17-16-8-6-7-9-19(16)24(4)20(17)12-21(18)25(22)5;2*1-11-9-17-15(13(3)12(11)2)10-14-7-5-6-8-16(14)18(17)4;1-10-9-14-16(12(3)11(10)2)18-15-8-6-5-7-13(15)17(14)4;2*1-10-9-15-16(12(3)11(10)2)13-7-5-6-8-14(13)17(15)4/h6-12H,1-5H3;2*5-9H,10H2,1-4H3;5-9H,1-4H3;2*5-9H,1-4H3. The molecule has 0 aliphatic carbocycles. The first kappa shape index (κ1) is 76.6. The molecule has 8 nitrogen and oxygen atoms in total. The van der Waals surface area contributed by atoms with Gasteiger partial charge >= 0.3 is 0 Å². The maximum absolute atomic E-state index is 6.07. The lowest BCUT2D eigenvalue weighted by molar-refractivity contribution is 0.471. The number of hydrogen-bond donors (Lipinski definition) is 0. The summed E-state index contributed by atoms with van der Waals surface area (Å²) in [4.78, 5) is 6.86. The molecule has 0 saturated carbocycles. The minimum absolute atomic E-state index is 0.929. The lowest BCUT2D eigenvalue weighted by atomic mass is 9.88. The molecule has 20 rings (SSSR count). The summed E-state index contributed by atoms with van der Waals surface area (Å²) in [6.45, 7) is 39.8. The fraction of sp³-hybridized carbons (Fsp3) is 0.257. The molecular formula is C105H111N7O. The van der Waals surface area contributed by atoms with Gasteiger partial charge < -0.3 is 37.7 Å². The van der Waals surface area contributed by atoms with Gasteiger partial charge in [0.25, 0.3) is 0 Å². The summed E-state index contributed by atoms with van der Waals surface area (Å²) < 4.78 is 15.3. The first-order valence-electron chi connectivity index (χ1n) is 40.2. The van der Waals surface area contributed by atoms with Gasteiger partial charge in [0.05, 0.1) is 22.4 Å². The highest BCUT2D eigenvalue weighted by Gasteiger charge is 2.28. The van der Waals surface area contributed by atoms with Crippen molar-refractivity contribution in [2.75, 3.05) is 35.8 Å². The number of rotatable bonds is 0. The zero-order valence-corrected chi connectivity index (χ0v) is 71.4. The third kappa shape index (κ3) is 12.9. The van der Waals surface area contributed by atoms with E-state index in [9.17, 15) is 0 Å². The number of ether oxygens (including phenoxy) is 1. The van der Waals surface area contributed by atoms with Crippen LogP contribution in [0.3, 0.4) is 0 Å². The second-order valence-electron chi connectivity index (χ2n) is 32.7. The maximum Gasteiger partial charge on any atom is 0.154 e. The molecule has 0 spiro atoms. The van der Waals surface area contributed by atoms with Gasteiger partial charge in [-0.1, -0.05) is 103 Å². The van der Waals surface area contributed by atoms with Gasteiger partial charge in [0, 0.05) is 161 Å². The number of benzene rings is 13. The topological polar surface area (TPSA) is 38.7 Å². The highest BCUT2D eigenvalue weighted by Crippen LogP contribution is 2.50. The molecule has 0 radical (unpaired) electrons.